The fourth-order valence-corrected chi connectivity index (χ4v) is 4.97. The number of rotatable bonds is 6. The molecule has 1 fully saturated rings. The van der Waals surface area contributed by atoms with E-state index in [2.05, 4.69) is 10.0 Å². The summed E-state index contributed by atoms with van der Waals surface area (Å²) < 4.78 is 27.9. The molecule has 5 nitrogen and oxygen atoms in total. The second kappa shape index (κ2) is 8.30. The topological polar surface area (TPSA) is 75.3 Å². The number of nitrogens with one attached hydrogen (secondary N) is 2. The summed E-state index contributed by atoms with van der Waals surface area (Å²) >= 11 is 12.3. The van der Waals surface area contributed by atoms with Gasteiger partial charge in [0.25, 0.3) is 10.0 Å². The molecule has 1 aliphatic carbocycles. The molecule has 3 aromatic carbocycles. The lowest BCUT2D eigenvalue weighted by Crippen LogP contribution is -2.16. The van der Waals surface area contributed by atoms with Gasteiger partial charge >= 0.3 is 0 Å². The van der Waals surface area contributed by atoms with Gasteiger partial charge in [0.1, 0.15) is 0 Å². The zero-order valence-electron chi connectivity index (χ0n) is 15.7. The van der Waals surface area contributed by atoms with Crippen LogP contribution in [0.3, 0.4) is 0 Å². The quantitative estimate of drug-likeness (QED) is 0.507. The van der Waals surface area contributed by atoms with Crippen molar-refractivity contribution in [3.63, 3.8) is 0 Å². The fraction of sp³-hybridized carbons (Fsp3) is 0.136. The van der Waals surface area contributed by atoms with Gasteiger partial charge in [-0.1, -0.05) is 59.6 Å². The number of sulfonamides is 1. The highest BCUT2D eigenvalue weighted by atomic mass is 35.5. The number of amides is 1. The fourth-order valence-electron chi connectivity index (χ4n) is 3.33. The molecule has 0 bridgehead atoms. The third-order valence-electron chi connectivity index (χ3n) is 4.96. The molecule has 0 aliphatic heterocycles. The van der Waals surface area contributed by atoms with Crippen LogP contribution in [0.4, 0.5) is 11.4 Å². The first-order chi connectivity index (χ1) is 14.3. The maximum Gasteiger partial charge on any atom is 0.262 e. The lowest BCUT2D eigenvalue weighted by molar-refractivity contribution is -0.117. The van der Waals surface area contributed by atoms with Crippen LogP contribution >= 0.6 is 23.2 Å². The normalized spacial score (nSPS) is 17.9. The van der Waals surface area contributed by atoms with Crippen molar-refractivity contribution in [1.82, 2.24) is 0 Å². The van der Waals surface area contributed by atoms with Gasteiger partial charge in [-0.05, 0) is 54.3 Å². The van der Waals surface area contributed by atoms with E-state index in [1.807, 2.05) is 24.3 Å². The van der Waals surface area contributed by atoms with Gasteiger partial charge in [0, 0.05) is 16.6 Å². The SMILES string of the molecule is O=C(Nc1cccc(S(=O)(=O)Nc2ccccc2Cl)c1)C1CC1c1ccccc1Cl. The van der Waals surface area contributed by atoms with Crippen molar-refractivity contribution in [2.45, 2.75) is 17.2 Å². The largest absolute Gasteiger partial charge is 0.326 e. The summed E-state index contributed by atoms with van der Waals surface area (Å²) in [5, 5.41) is 3.76. The van der Waals surface area contributed by atoms with Crippen molar-refractivity contribution in [3.8, 4) is 0 Å². The number of para-hydroxylation sites is 1. The standard InChI is InChI=1S/C22H18Cl2N2O3S/c23-19-9-2-1-8-16(19)17-13-18(17)22(27)25-14-6-5-7-15(12-14)30(28,29)26-21-11-4-3-10-20(21)24/h1-12,17-18,26H,13H2,(H,25,27). The Balaban J connectivity index is 1.47. The van der Waals surface area contributed by atoms with Crippen molar-refractivity contribution in [2.24, 2.45) is 5.92 Å². The predicted molar refractivity (Wildman–Crippen MR) is 120 cm³/mol. The summed E-state index contributed by atoms with van der Waals surface area (Å²) in [5.74, 6) is -0.271. The number of carbonyl (C=O) groups is 1. The second-order valence-electron chi connectivity index (χ2n) is 7.07. The Labute approximate surface area is 185 Å². The molecule has 0 spiro atoms. The highest BCUT2D eigenvalue weighted by Gasteiger charge is 2.44. The summed E-state index contributed by atoms with van der Waals surface area (Å²) in [4.78, 5) is 12.7. The first kappa shape index (κ1) is 20.7. The third-order valence-corrected chi connectivity index (χ3v) is 7.00. The van der Waals surface area contributed by atoms with Crippen LogP contribution in [0.15, 0.2) is 77.7 Å². The van der Waals surface area contributed by atoms with E-state index in [1.54, 1.807) is 36.4 Å². The Morgan fingerprint density at radius 2 is 1.60 bits per heavy atom. The van der Waals surface area contributed by atoms with Gasteiger partial charge in [-0.25, -0.2) is 8.42 Å². The van der Waals surface area contributed by atoms with E-state index < -0.39 is 10.0 Å². The summed E-state index contributed by atoms with van der Waals surface area (Å²) in [6, 6.07) is 20.2. The molecule has 2 unspecified atom stereocenters. The predicted octanol–water partition coefficient (Wildman–Crippen LogP) is 5.54. The minimum atomic E-state index is -3.86. The van der Waals surface area contributed by atoms with Crippen LogP contribution in [0.25, 0.3) is 0 Å². The molecule has 8 heteroatoms. The Kier molecular flexibility index (Phi) is 5.73. The van der Waals surface area contributed by atoms with Gasteiger partial charge in [0.2, 0.25) is 5.91 Å². The molecule has 0 aromatic heterocycles. The van der Waals surface area contributed by atoms with E-state index in [1.165, 1.54) is 12.1 Å². The first-order valence-corrected chi connectivity index (χ1v) is 11.5. The maximum absolute atomic E-state index is 12.7. The van der Waals surface area contributed by atoms with Crippen LogP contribution in [0.2, 0.25) is 10.0 Å². The zero-order valence-corrected chi connectivity index (χ0v) is 18.0. The average Bonchev–Trinajstić information content (AvgIpc) is 3.51. The van der Waals surface area contributed by atoms with Crippen LogP contribution in [0, 0.1) is 5.92 Å². The monoisotopic (exact) mass is 460 g/mol. The number of hydrogen-bond acceptors (Lipinski definition) is 3. The van der Waals surface area contributed by atoms with Crippen LogP contribution < -0.4 is 10.0 Å². The molecular formula is C22H18Cl2N2O3S. The number of carbonyl (C=O) groups excluding carboxylic acids is 1. The van der Waals surface area contributed by atoms with Crippen LogP contribution in [-0.4, -0.2) is 14.3 Å². The molecule has 0 saturated heterocycles. The van der Waals surface area contributed by atoms with Crippen molar-refractivity contribution in [2.75, 3.05) is 10.0 Å². The van der Waals surface area contributed by atoms with E-state index in [0.29, 0.717) is 22.2 Å². The average molecular weight is 461 g/mol. The van der Waals surface area contributed by atoms with Crippen LogP contribution in [-0.2, 0) is 14.8 Å². The molecule has 0 heterocycles. The summed E-state index contributed by atoms with van der Waals surface area (Å²) in [5.41, 5.74) is 1.65. The number of anilines is 2. The lowest BCUT2D eigenvalue weighted by Gasteiger charge is -2.11. The van der Waals surface area contributed by atoms with Gasteiger partial charge < -0.3 is 5.32 Å². The number of hydrogen-bond donors (Lipinski definition) is 2. The molecule has 4 rings (SSSR count). The van der Waals surface area contributed by atoms with E-state index >= 15 is 0 Å². The lowest BCUT2D eigenvalue weighted by atomic mass is 10.1. The Morgan fingerprint density at radius 1 is 0.900 bits per heavy atom. The molecule has 154 valence electrons. The van der Waals surface area contributed by atoms with E-state index in [4.69, 9.17) is 23.2 Å². The number of benzene rings is 3. The molecule has 30 heavy (non-hydrogen) atoms. The molecule has 0 radical (unpaired) electrons. The van der Waals surface area contributed by atoms with Crippen molar-refractivity contribution >= 4 is 50.5 Å². The zero-order chi connectivity index (χ0) is 21.3. The third kappa shape index (κ3) is 4.46. The van der Waals surface area contributed by atoms with E-state index in [-0.39, 0.29) is 28.3 Å². The number of halogens is 2. The van der Waals surface area contributed by atoms with Gasteiger partial charge in [-0.15, -0.1) is 0 Å². The van der Waals surface area contributed by atoms with Crippen LogP contribution in [0.1, 0.15) is 17.9 Å². The second-order valence-corrected chi connectivity index (χ2v) is 9.57. The smallest absolute Gasteiger partial charge is 0.262 e. The molecular weight excluding hydrogens is 443 g/mol. The molecule has 3 aromatic rings. The van der Waals surface area contributed by atoms with Crippen LogP contribution in [0.5, 0.6) is 0 Å². The Hall–Kier alpha value is -2.54. The molecule has 2 N–H and O–H groups in total. The van der Waals surface area contributed by atoms with Gasteiger partial charge in [-0.2, -0.15) is 0 Å². The maximum atomic E-state index is 12.7. The highest BCUT2D eigenvalue weighted by Crippen LogP contribution is 2.50. The van der Waals surface area contributed by atoms with Crippen molar-refractivity contribution in [3.05, 3.63) is 88.4 Å². The van der Waals surface area contributed by atoms with Gasteiger partial charge in [0.15, 0.2) is 0 Å². The molecule has 2 atom stereocenters. The van der Waals surface area contributed by atoms with Gasteiger partial charge in [-0.3, -0.25) is 9.52 Å². The van der Waals surface area contributed by atoms with E-state index in [0.717, 1.165) is 5.56 Å². The van der Waals surface area contributed by atoms with Crippen molar-refractivity contribution in [1.29, 1.82) is 0 Å². The van der Waals surface area contributed by atoms with Gasteiger partial charge in [0.05, 0.1) is 15.6 Å². The van der Waals surface area contributed by atoms with E-state index in [9.17, 15) is 13.2 Å². The highest BCUT2D eigenvalue weighted by molar-refractivity contribution is 7.92. The first-order valence-electron chi connectivity index (χ1n) is 9.28. The summed E-state index contributed by atoms with van der Waals surface area (Å²) in [7, 11) is -3.86. The Bertz CT molecular complexity index is 1210. The summed E-state index contributed by atoms with van der Waals surface area (Å²) in [6.07, 6.45) is 0.710. The molecule has 1 amide bonds. The minimum Gasteiger partial charge on any atom is -0.326 e. The molecule has 1 aliphatic rings. The summed E-state index contributed by atoms with van der Waals surface area (Å²) in [6.45, 7) is 0. The Morgan fingerprint density at radius 3 is 2.33 bits per heavy atom. The minimum absolute atomic E-state index is 0.0265. The molecule has 1 saturated carbocycles. The van der Waals surface area contributed by atoms with Crippen molar-refractivity contribution < 1.29 is 13.2 Å².